The lowest BCUT2D eigenvalue weighted by atomic mass is 10.3. The van der Waals surface area contributed by atoms with Gasteiger partial charge in [0.1, 0.15) is 5.75 Å². The van der Waals surface area contributed by atoms with Crippen LogP contribution in [0, 0.1) is 0 Å². The van der Waals surface area contributed by atoms with Crippen LogP contribution >= 0.6 is 22.9 Å². The van der Waals surface area contributed by atoms with E-state index >= 15 is 0 Å². The Kier molecular flexibility index (Phi) is 6.16. The third-order valence-electron chi connectivity index (χ3n) is 3.67. The Balaban J connectivity index is 1.48. The first-order chi connectivity index (χ1) is 13.0. The van der Waals surface area contributed by atoms with Crippen molar-refractivity contribution in [2.75, 3.05) is 19.0 Å². The maximum Gasteiger partial charge on any atom is 0.291 e. The fraction of sp³-hybridized carbons (Fsp3) is 0.158. The van der Waals surface area contributed by atoms with Crippen LogP contribution in [0.1, 0.15) is 15.4 Å². The highest BCUT2D eigenvalue weighted by atomic mass is 35.5. The zero-order valence-corrected chi connectivity index (χ0v) is 16.0. The van der Waals surface area contributed by atoms with Gasteiger partial charge in [0.25, 0.3) is 11.8 Å². The SMILES string of the molecule is CN(Cc1ccc(Cl)s1)C(=O)COc1ccc(NC(=O)c2ccco2)cc1. The molecular weight excluding hydrogens is 388 g/mol. The molecule has 0 radical (unpaired) electrons. The normalized spacial score (nSPS) is 10.4. The van der Waals surface area contributed by atoms with Gasteiger partial charge in [0.05, 0.1) is 17.1 Å². The minimum Gasteiger partial charge on any atom is -0.484 e. The molecule has 2 heterocycles. The molecule has 8 heteroatoms. The summed E-state index contributed by atoms with van der Waals surface area (Å²) in [5, 5.41) is 2.71. The predicted octanol–water partition coefficient (Wildman–Crippen LogP) is 4.28. The largest absolute Gasteiger partial charge is 0.484 e. The van der Waals surface area contributed by atoms with Crippen molar-refractivity contribution >= 4 is 40.4 Å². The third-order valence-corrected chi connectivity index (χ3v) is 4.88. The van der Waals surface area contributed by atoms with E-state index in [4.69, 9.17) is 20.8 Å². The molecule has 3 aromatic rings. The topological polar surface area (TPSA) is 71.8 Å². The van der Waals surface area contributed by atoms with E-state index in [9.17, 15) is 9.59 Å². The van der Waals surface area contributed by atoms with Gasteiger partial charge in [-0.15, -0.1) is 11.3 Å². The number of nitrogens with one attached hydrogen (secondary N) is 1. The third kappa shape index (κ3) is 5.35. The molecule has 0 atom stereocenters. The molecule has 0 bridgehead atoms. The maximum absolute atomic E-state index is 12.2. The summed E-state index contributed by atoms with van der Waals surface area (Å²) in [6.45, 7) is 0.408. The first kappa shape index (κ1) is 19.0. The number of hydrogen-bond donors (Lipinski definition) is 1. The van der Waals surface area contributed by atoms with Crippen molar-refractivity contribution in [3.05, 3.63) is 69.8 Å². The second-order valence-electron chi connectivity index (χ2n) is 5.70. The average molecular weight is 405 g/mol. The number of furan rings is 1. The van der Waals surface area contributed by atoms with Crippen LogP contribution < -0.4 is 10.1 Å². The molecule has 140 valence electrons. The lowest BCUT2D eigenvalue weighted by molar-refractivity contribution is -0.132. The number of carbonyl (C=O) groups excluding carboxylic acids is 2. The number of ether oxygens (including phenoxy) is 1. The number of anilines is 1. The molecule has 0 unspecified atom stereocenters. The molecule has 1 aromatic carbocycles. The molecule has 0 fully saturated rings. The molecule has 2 amide bonds. The van der Waals surface area contributed by atoms with E-state index in [1.165, 1.54) is 17.6 Å². The van der Waals surface area contributed by atoms with E-state index in [-0.39, 0.29) is 24.2 Å². The molecule has 0 saturated carbocycles. The molecule has 27 heavy (non-hydrogen) atoms. The lowest BCUT2D eigenvalue weighted by Gasteiger charge is -2.16. The summed E-state index contributed by atoms with van der Waals surface area (Å²) in [6, 6.07) is 13.7. The van der Waals surface area contributed by atoms with Gasteiger partial charge in [-0.05, 0) is 48.5 Å². The monoisotopic (exact) mass is 404 g/mol. The summed E-state index contributed by atoms with van der Waals surface area (Å²) in [5.41, 5.74) is 0.599. The highest BCUT2D eigenvalue weighted by Gasteiger charge is 2.12. The van der Waals surface area contributed by atoms with Crippen LogP contribution in [0.5, 0.6) is 5.75 Å². The highest BCUT2D eigenvalue weighted by Crippen LogP contribution is 2.22. The van der Waals surface area contributed by atoms with Crippen LogP contribution in [0.15, 0.2) is 59.2 Å². The maximum atomic E-state index is 12.2. The van der Waals surface area contributed by atoms with Crippen molar-refractivity contribution in [3.8, 4) is 5.75 Å². The fourth-order valence-corrected chi connectivity index (χ4v) is 3.39. The van der Waals surface area contributed by atoms with Crippen molar-refractivity contribution < 1.29 is 18.7 Å². The number of halogens is 1. The van der Waals surface area contributed by atoms with Crippen LogP contribution in [-0.2, 0) is 11.3 Å². The van der Waals surface area contributed by atoms with Gasteiger partial charge in [-0.1, -0.05) is 11.6 Å². The van der Waals surface area contributed by atoms with E-state index in [2.05, 4.69) is 5.32 Å². The Bertz CT molecular complexity index is 906. The number of carbonyl (C=O) groups is 2. The summed E-state index contributed by atoms with van der Waals surface area (Å²) < 4.78 is 11.3. The lowest BCUT2D eigenvalue weighted by Crippen LogP contribution is -2.30. The predicted molar refractivity (Wildman–Crippen MR) is 104 cm³/mol. The molecular formula is C19H17ClN2O4S. The Morgan fingerprint density at radius 1 is 1.19 bits per heavy atom. The van der Waals surface area contributed by atoms with Gasteiger partial charge in [0, 0.05) is 17.6 Å². The molecule has 3 rings (SSSR count). The molecule has 0 aliphatic carbocycles. The minimum atomic E-state index is -0.334. The Morgan fingerprint density at radius 3 is 2.59 bits per heavy atom. The van der Waals surface area contributed by atoms with Crippen molar-refractivity contribution in [1.82, 2.24) is 4.90 Å². The molecule has 6 nitrogen and oxygen atoms in total. The first-order valence-corrected chi connectivity index (χ1v) is 9.26. The van der Waals surface area contributed by atoms with Gasteiger partial charge in [0.2, 0.25) is 0 Å². The summed E-state index contributed by atoms with van der Waals surface area (Å²) in [7, 11) is 1.71. The minimum absolute atomic E-state index is 0.0757. The molecule has 0 aliphatic rings. The highest BCUT2D eigenvalue weighted by molar-refractivity contribution is 7.16. The number of benzene rings is 1. The number of thiophene rings is 1. The van der Waals surface area contributed by atoms with Gasteiger partial charge >= 0.3 is 0 Å². The van der Waals surface area contributed by atoms with Crippen LogP contribution in [-0.4, -0.2) is 30.4 Å². The zero-order valence-electron chi connectivity index (χ0n) is 14.5. The summed E-state index contributed by atoms with van der Waals surface area (Å²) in [5.74, 6) is 0.289. The van der Waals surface area contributed by atoms with Gasteiger partial charge in [-0.2, -0.15) is 0 Å². The zero-order chi connectivity index (χ0) is 19.2. The van der Waals surface area contributed by atoms with Crippen LogP contribution in [0.2, 0.25) is 4.34 Å². The Hall–Kier alpha value is -2.77. The van der Waals surface area contributed by atoms with Gasteiger partial charge < -0.3 is 19.4 Å². The Morgan fingerprint density at radius 2 is 1.96 bits per heavy atom. The summed E-state index contributed by atoms with van der Waals surface area (Å²) in [4.78, 5) is 26.7. The summed E-state index contributed by atoms with van der Waals surface area (Å²) >= 11 is 7.34. The van der Waals surface area contributed by atoms with Crippen LogP contribution in [0.3, 0.4) is 0 Å². The van der Waals surface area contributed by atoms with E-state index in [1.807, 2.05) is 12.1 Å². The second kappa shape index (κ2) is 8.75. The van der Waals surface area contributed by atoms with E-state index in [0.717, 1.165) is 4.88 Å². The van der Waals surface area contributed by atoms with E-state index in [1.54, 1.807) is 48.3 Å². The number of rotatable bonds is 7. The number of likely N-dealkylation sites (N-methyl/N-ethyl adjacent to an activating group) is 1. The van der Waals surface area contributed by atoms with Crippen molar-refractivity contribution in [2.24, 2.45) is 0 Å². The smallest absolute Gasteiger partial charge is 0.291 e. The van der Waals surface area contributed by atoms with Gasteiger partial charge in [-0.3, -0.25) is 9.59 Å². The van der Waals surface area contributed by atoms with Crippen molar-refractivity contribution in [2.45, 2.75) is 6.54 Å². The fourth-order valence-electron chi connectivity index (χ4n) is 2.25. The first-order valence-electron chi connectivity index (χ1n) is 8.07. The summed E-state index contributed by atoms with van der Waals surface area (Å²) in [6.07, 6.45) is 1.44. The van der Waals surface area contributed by atoms with E-state index < -0.39 is 0 Å². The van der Waals surface area contributed by atoms with E-state index in [0.29, 0.717) is 22.3 Å². The molecule has 2 aromatic heterocycles. The van der Waals surface area contributed by atoms with Crippen molar-refractivity contribution in [1.29, 1.82) is 0 Å². The standard InChI is InChI=1S/C19H17ClN2O4S/c1-22(11-15-8-9-17(20)27-15)18(23)12-26-14-6-4-13(5-7-14)21-19(24)16-3-2-10-25-16/h2-10H,11-12H2,1H3,(H,21,24). The number of hydrogen-bond acceptors (Lipinski definition) is 5. The molecule has 1 N–H and O–H groups in total. The van der Waals surface area contributed by atoms with Crippen LogP contribution in [0.4, 0.5) is 5.69 Å². The Labute approximate surface area is 165 Å². The second-order valence-corrected chi connectivity index (χ2v) is 7.50. The molecule has 0 spiro atoms. The quantitative estimate of drug-likeness (QED) is 0.637. The van der Waals surface area contributed by atoms with Crippen molar-refractivity contribution in [3.63, 3.8) is 0 Å². The molecule has 0 aliphatic heterocycles. The average Bonchev–Trinajstić information content (AvgIpc) is 3.33. The number of amides is 2. The van der Waals surface area contributed by atoms with Gasteiger partial charge in [-0.25, -0.2) is 0 Å². The molecule has 0 saturated heterocycles. The number of nitrogens with zero attached hydrogens (tertiary/aromatic N) is 1. The van der Waals surface area contributed by atoms with Gasteiger partial charge in [0.15, 0.2) is 12.4 Å². The van der Waals surface area contributed by atoms with Crippen LogP contribution in [0.25, 0.3) is 0 Å².